The number of methoxy groups -OCH3 is 3. The van der Waals surface area contributed by atoms with Crippen molar-refractivity contribution in [3.8, 4) is 11.5 Å². The summed E-state index contributed by atoms with van der Waals surface area (Å²) in [5.41, 5.74) is 1.05. The first-order chi connectivity index (χ1) is 15.1. The summed E-state index contributed by atoms with van der Waals surface area (Å²) in [6, 6.07) is 12.9. The van der Waals surface area contributed by atoms with Crippen molar-refractivity contribution >= 4 is 17.7 Å². The Bertz CT molecular complexity index is 1170. The number of ether oxygens (including phenoxy) is 3. The molecule has 2 heterocycles. The maximum absolute atomic E-state index is 13.7. The van der Waals surface area contributed by atoms with E-state index >= 15 is 0 Å². The Morgan fingerprint density at radius 2 is 1.74 bits per heavy atom. The van der Waals surface area contributed by atoms with E-state index in [4.69, 9.17) is 14.2 Å². The number of Topliss-reactive ketones (excluding diaryl/α,β-unsaturated/α-hetero) is 1. The summed E-state index contributed by atoms with van der Waals surface area (Å²) in [6.45, 7) is 0. The molecule has 158 valence electrons. The smallest absolute Gasteiger partial charge is 0.355 e. The zero-order valence-corrected chi connectivity index (χ0v) is 17.0. The number of aromatic nitrogens is 4. The number of esters is 1. The molecule has 3 aromatic rings. The second-order valence-corrected chi connectivity index (χ2v) is 6.55. The van der Waals surface area contributed by atoms with Gasteiger partial charge in [0.25, 0.3) is 0 Å². The van der Waals surface area contributed by atoms with Crippen molar-refractivity contribution in [2.24, 2.45) is 0 Å². The molecule has 1 atom stereocenters. The molecular weight excluding hydrogens is 402 g/mol. The Kier molecular flexibility index (Phi) is 5.35. The van der Waals surface area contributed by atoms with Crippen molar-refractivity contribution < 1.29 is 23.8 Å². The average molecular weight is 421 g/mol. The van der Waals surface area contributed by atoms with Gasteiger partial charge in [0.2, 0.25) is 5.95 Å². The number of tetrazole rings is 1. The lowest BCUT2D eigenvalue weighted by Gasteiger charge is -2.29. The molecule has 0 saturated heterocycles. The maximum Gasteiger partial charge on any atom is 0.355 e. The fourth-order valence-electron chi connectivity index (χ4n) is 3.47. The van der Waals surface area contributed by atoms with E-state index in [1.54, 1.807) is 48.5 Å². The van der Waals surface area contributed by atoms with Gasteiger partial charge in [0, 0.05) is 11.1 Å². The highest BCUT2D eigenvalue weighted by Crippen LogP contribution is 2.40. The molecular formula is C21H19N5O5. The van der Waals surface area contributed by atoms with Gasteiger partial charge in [-0.1, -0.05) is 23.3 Å². The molecule has 2 aromatic carbocycles. The van der Waals surface area contributed by atoms with Crippen LogP contribution in [-0.2, 0) is 9.53 Å². The van der Waals surface area contributed by atoms with Crippen LogP contribution < -0.4 is 14.8 Å². The molecule has 0 unspecified atom stereocenters. The second kappa shape index (κ2) is 8.27. The third kappa shape index (κ3) is 3.48. The SMILES string of the molecule is COC(=O)C1=C(C(=O)c2ccc(OC)cc2)[C@@H](c2ccccc2OC)n2nnnc2N1. The molecule has 0 fully saturated rings. The predicted molar refractivity (Wildman–Crippen MR) is 109 cm³/mol. The number of benzene rings is 2. The van der Waals surface area contributed by atoms with Gasteiger partial charge in [0.15, 0.2) is 5.78 Å². The molecule has 0 amide bonds. The van der Waals surface area contributed by atoms with Crippen LogP contribution in [0.2, 0.25) is 0 Å². The predicted octanol–water partition coefficient (Wildman–Crippen LogP) is 2.02. The minimum absolute atomic E-state index is 0.0403. The van der Waals surface area contributed by atoms with Gasteiger partial charge in [0.05, 0.1) is 26.9 Å². The van der Waals surface area contributed by atoms with E-state index in [-0.39, 0.29) is 17.2 Å². The van der Waals surface area contributed by atoms with Crippen molar-refractivity contribution in [2.75, 3.05) is 26.6 Å². The Morgan fingerprint density at radius 3 is 2.42 bits per heavy atom. The number of hydrogen-bond acceptors (Lipinski definition) is 9. The van der Waals surface area contributed by atoms with E-state index in [9.17, 15) is 9.59 Å². The van der Waals surface area contributed by atoms with Crippen molar-refractivity contribution in [1.82, 2.24) is 20.2 Å². The Balaban J connectivity index is 1.95. The number of hydrogen-bond donors (Lipinski definition) is 1. The van der Waals surface area contributed by atoms with Crippen LogP contribution in [0.5, 0.6) is 11.5 Å². The minimum Gasteiger partial charge on any atom is -0.497 e. The van der Waals surface area contributed by atoms with E-state index in [0.29, 0.717) is 22.6 Å². The van der Waals surface area contributed by atoms with Crippen molar-refractivity contribution in [1.29, 1.82) is 0 Å². The number of carbonyl (C=O) groups excluding carboxylic acids is 2. The molecule has 0 radical (unpaired) electrons. The molecule has 31 heavy (non-hydrogen) atoms. The first-order valence-electron chi connectivity index (χ1n) is 9.28. The van der Waals surface area contributed by atoms with Crippen LogP contribution >= 0.6 is 0 Å². The average Bonchev–Trinajstić information content (AvgIpc) is 3.30. The summed E-state index contributed by atoms with van der Waals surface area (Å²) in [5.74, 6) is 0.200. The second-order valence-electron chi connectivity index (χ2n) is 6.55. The normalized spacial score (nSPS) is 15.0. The van der Waals surface area contributed by atoms with Crippen LogP contribution in [0, 0.1) is 0 Å². The van der Waals surface area contributed by atoms with E-state index in [0.717, 1.165) is 0 Å². The number of carbonyl (C=O) groups is 2. The van der Waals surface area contributed by atoms with Gasteiger partial charge in [-0.15, -0.1) is 0 Å². The molecule has 0 saturated carbocycles. The molecule has 4 rings (SSSR count). The summed E-state index contributed by atoms with van der Waals surface area (Å²) >= 11 is 0. The molecule has 1 N–H and O–H groups in total. The quantitative estimate of drug-likeness (QED) is 0.471. The molecule has 1 aliphatic rings. The van der Waals surface area contributed by atoms with Crippen LogP contribution in [-0.4, -0.2) is 53.3 Å². The van der Waals surface area contributed by atoms with E-state index in [1.165, 1.54) is 26.0 Å². The number of rotatable bonds is 6. The minimum atomic E-state index is -0.828. The number of nitrogens with zero attached hydrogens (tertiary/aromatic N) is 4. The van der Waals surface area contributed by atoms with Gasteiger partial charge in [-0.3, -0.25) is 4.79 Å². The maximum atomic E-state index is 13.7. The molecule has 1 aliphatic heterocycles. The first-order valence-corrected chi connectivity index (χ1v) is 9.28. The summed E-state index contributed by atoms with van der Waals surface area (Å²) in [7, 11) is 4.30. The van der Waals surface area contributed by atoms with E-state index in [1.807, 2.05) is 0 Å². The number of para-hydroxylation sites is 1. The monoisotopic (exact) mass is 421 g/mol. The summed E-state index contributed by atoms with van der Waals surface area (Å²) in [6.07, 6.45) is 0. The van der Waals surface area contributed by atoms with Gasteiger partial charge in [-0.05, 0) is 40.8 Å². The first kappa shape index (κ1) is 20.1. The highest BCUT2D eigenvalue weighted by Gasteiger charge is 2.39. The number of ketones is 1. The van der Waals surface area contributed by atoms with E-state index < -0.39 is 17.8 Å². The third-order valence-corrected chi connectivity index (χ3v) is 4.94. The van der Waals surface area contributed by atoms with Crippen LogP contribution in [0.1, 0.15) is 22.0 Å². The van der Waals surface area contributed by atoms with Crippen molar-refractivity contribution in [3.05, 3.63) is 70.9 Å². The lowest BCUT2D eigenvalue weighted by molar-refractivity contribution is -0.136. The molecule has 1 aromatic heterocycles. The van der Waals surface area contributed by atoms with Crippen molar-refractivity contribution in [2.45, 2.75) is 6.04 Å². The van der Waals surface area contributed by atoms with Crippen LogP contribution in [0.15, 0.2) is 59.8 Å². The zero-order valence-electron chi connectivity index (χ0n) is 17.0. The van der Waals surface area contributed by atoms with Crippen LogP contribution in [0.25, 0.3) is 0 Å². The highest BCUT2D eigenvalue weighted by atomic mass is 16.5. The fraction of sp³-hybridized carbons (Fsp3) is 0.190. The number of nitrogens with one attached hydrogen (secondary N) is 1. The zero-order chi connectivity index (χ0) is 22.0. The lowest BCUT2D eigenvalue weighted by Crippen LogP contribution is -2.33. The van der Waals surface area contributed by atoms with Gasteiger partial charge in [0.1, 0.15) is 23.2 Å². The Labute approximate surface area is 177 Å². The topological polar surface area (TPSA) is 117 Å². The van der Waals surface area contributed by atoms with Gasteiger partial charge >= 0.3 is 5.97 Å². The van der Waals surface area contributed by atoms with E-state index in [2.05, 4.69) is 20.8 Å². The van der Waals surface area contributed by atoms with Crippen molar-refractivity contribution in [3.63, 3.8) is 0 Å². The molecule has 0 bridgehead atoms. The fourth-order valence-corrected chi connectivity index (χ4v) is 3.47. The van der Waals surface area contributed by atoms with Crippen LogP contribution in [0.3, 0.4) is 0 Å². The summed E-state index contributed by atoms with van der Waals surface area (Å²) in [4.78, 5) is 26.3. The largest absolute Gasteiger partial charge is 0.497 e. The van der Waals surface area contributed by atoms with Gasteiger partial charge in [-0.2, -0.15) is 4.68 Å². The van der Waals surface area contributed by atoms with Gasteiger partial charge in [-0.25, -0.2) is 4.79 Å². The van der Waals surface area contributed by atoms with Gasteiger partial charge < -0.3 is 19.5 Å². The Morgan fingerprint density at radius 1 is 1.00 bits per heavy atom. The lowest BCUT2D eigenvalue weighted by atomic mass is 9.89. The summed E-state index contributed by atoms with van der Waals surface area (Å²) < 4.78 is 17.0. The highest BCUT2D eigenvalue weighted by molar-refractivity contribution is 6.15. The van der Waals surface area contributed by atoms with Crippen LogP contribution in [0.4, 0.5) is 5.95 Å². The standard InChI is InChI=1S/C21H19N5O5/c1-29-13-10-8-12(9-11-13)19(27)16-17(20(28)31-3)22-21-23-24-25-26(21)18(16)14-6-4-5-7-15(14)30-2/h4-11,18H,1-3H3,(H,22,23,25)/t18-/m1/s1. The molecule has 0 aliphatic carbocycles. The number of allylic oxidation sites excluding steroid dienone is 1. The third-order valence-electron chi connectivity index (χ3n) is 4.94. The molecule has 0 spiro atoms. The number of fused-ring (bicyclic) bond motifs is 1. The summed E-state index contributed by atoms with van der Waals surface area (Å²) in [5, 5.41) is 14.5. The number of anilines is 1. The molecule has 10 heteroatoms. The Hall–Kier alpha value is -4.21. The molecule has 10 nitrogen and oxygen atoms in total.